The molecule has 0 radical (unpaired) electrons. The monoisotopic (exact) mass is 443 g/mol. The molecule has 0 N–H and O–H groups in total. The van der Waals surface area contributed by atoms with Crippen molar-refractivity contribution < 1.29 is 22.6 Å². The van der Waals surface area contributed by atoms with Gasteiger partial charge >= 0.3 is 6.01 Å². The lowest BCUT2D eigenvalue weighted by atomic mass is 10.1. The van der Waals surface area contributed by atoms with Crippen LogP contribution in [0.5, 0.6) is 11.9 Å². The van der Waals surface area contributed by atoms with Crippen molar-refractivity contribution in [3.05, 3.63) is 65.4 Å². The van der Waals surface area contributed by atoms with Crippen molar-refractivity contribution in [2.24, 2.45) is 0 Å². The van der Waals surface area contributed by atoms with E-state index in [1.54, 1.807) is 13.1 Å². The van der Waals surface area contributed by atoms with Crippen molar-refractivity contribution in [1.82, 2.24) is 24.6 Å². The van der Waals surface area contributed by atoms with Gasteiger partial charge in [-0.15, -0.1) is 0 Å². The Kier molecular flexibility index (Phi) is 5.93. The number of ether oxygens (including phenoxy) is 2. The van der Waals surface area contributed by atoms with E-state index in [-0.39, 0.29) is 6.01 Å². The van der Waals surface area contributed by atoms with Gasteiger partial charge in [-0.05, 0) is 49.4 Å². The zero-order valence-corrected chi connectivity index (χ0v) is 17.6. The maximum absolute atomic E-state index is 14.0. The topological polar surface area (TPSA) is 74.4 Å². The van der Waals surface area contributed by atoms with E-state index in [0.29, 0.717) is 34.3 Å². The number of imidazole rings is 1. The highest BCUT2D eigenvalue weighted by molar-refractivity contribution is 5.67. The molecule has 1 aliphatic rings. The Bertz CT molecular complexity index is 1220. The fraction of sp³-hybridized carbons (Fsp3) is 0.273. The molecule has 0 aliphatic heterocycles. The van der Waals surface area contributed by atoms with Gasteiger partial charge in [0, 0.05) is 17.8 Å². The third kappa shape index (κ3) is 4.48. The van der Waals surface area contributed by atoms with E-state index in [2.05, 4.69) is 20.1 Å². The molecule has 32 heavy (non-hydrogen) atoms. The number of methoxy groups -OCH3 is 2. The lowest BCUT2D eigenvalue weighted by molar-refractivity contribution is 0.353. The number of fused-ring (bicyclic) bond motifs is 1. The average Bonchev–Trinajstić information content (AvgIpc) is 3.55. The number of rotatable bonds is 4. The predicted octanol–water partition coefficient (Wildman–Crippen LogP) is 4.49. The number of benzene rings is 1. The number of aryl methyl sites for hydroxylation is 1. The molecule has 0 saturated heterocycles. The van der Waals surface area contributed by atoms with Gasteiger partial charge in [-0.3, -0.25) is 0 Å². The Morgan fingerprint density at radius 3 is 2.25 bits per heavy atom. The lowest BCUT2D eigenvalue weighted by Crippen LogP contribution is -2.03. The van der Waals surface area contributed by atoms with Gasteiger partial charge < -0.3 is 9.47 Å². The summed E-state index contributed by atoms with van der Waals surface area (Å²) < 4.78 is 49.8. The van der Waals surface area contributed by atoms with E-state index in [1.807, 2.05) is 6.07 Å². The quantitative estimate of drug-likeness (QED) is 0.463. The van der Waals surface area contributed by atoms with Crippen LogP contribution >= 0.6 is 0 Å². The summed E-state index contributed by atoms with van der Waals surface area (Å²) in [6, 6.07) is 5.52. The predicted molar refractivity (Wildman–Crippen MR) is 110 cm³/mol. The van der Waals surface area contributed by atoms with Crippen LogP contribution < -0.4 is 9.47 Å². The van der Waals surface area contributed by atoms with Crippen LogP contribution in [-0.2, 0) is 0 Å². The summed E-state index contributed by atoms with van der Waals surface area (Å²) in [5, 5.41) is 4.32. The summed E-state index contributed by atoms with van der Waals surface area (Å²) in [4.78, 5) is 12.4. The van der Waals surface area contributed by atoms with Gasteiger partial charge in [-0.1, -0.05) is 0 Å². The molecule has 1 aliphatic carbocycles. The van der Waals surface area contributed by atoms with Crippen LogP contribution in [0.3, 0.4) is 0 Å². The minimum atomic E-state index is -0.521. The Morgan fingerprint density at radius 1 is 0.938 bits per heavy atom. The first-order valence-electron chi connectivity index (χ1n) is 9.82. The molecule has 10 heteroatoms. The maximum Gasteiger partial charge on any atom is 0.319 e. The van der Waals surface area contributed by atoms with Crippen molar-refractivity contribution in [1.29, 1.82) is 0 Å². The third-order valence-electron chi connectivity index (χ3n) is 4.86. The van der Waals surface area contributed by atoms with Crippen LogP contribution in [0, 0.1) is 24.5 Å². The summed E-state index contributed by atoms with van der Waals surface area (Å²) in [6.45, 7) is 1.64. The molecule has 5 rings (SSSR count). The maximum atomic E-state index is 14.0. The first-order valence-corrected chi connectivity index (χ1v) is 9.82. The molecule has 4 aromatic rings. The van der Waals surface area contributed by atoms with Crippen molar-refractivity contribution in [2.45, 2.75) is 25.7 Å². The van der Waals surface area contributed by atoms with E-state index < -0.39 is 17.6 Å². The van der Waals surface area contributed by atoms with Crippen molar-refractivity contribution in [3.8, 4) is 23.1 Å². The highest BCUT2D eigenvalue weighted by Crippen LogP contribution is 2.43. The molecule has 1 aromatic carbocycles. The summed E-state index contributed by atoms with van der Waals surface area (Å²) in [5.41, 5.74) is 3.26. The van der Waals surface area contributed by atoms with Gasteiger partial charge in [-0.2, -0.15) is 19.0 Å². The van der Waals surface area contributed by atoms with Gasteiger partial charge in [0.25, 0.3) is 0 Å². The molecule has 3 heterocycles. The number of halogens is 3. The van der Waals surface area contributed by atoms with Crippen LogP contribution in [0.1, 0.15) is 29.9 Å². The van der Waals surface area contributed by atoms with Gasteiger partial charge in [0.2, 0.25) is 11.8 Å². The molecule has 0 amide bonds. The van der Waals surface area contributed by atoms with Crippen molar-refractivity contribution in [2.75, 3.05) is 14.2 Å². The van der Waals surface area contributed by atoms with E-state index >= 15 is 0 Å². The first-order chi connectivity index (χ1) is 15.4. The van der Waals surface area contributed by atoms with Crippen LogP contribution in [-0.4, -0.2) is 38.8 Å². The molecular formula is C22H20F3N5O2. The van der Waals surface area contributed by atoms with E-state index in [4.69, 9.17) is 9.47 Å². The molecular weight excluding hydrogens is 423 g/mol. The smallest absolute Gasteiger partial charge is 0.319 e. The first kappa shape index (κ1) is 21.5. The van der Waals surface area contributed by atoms with Crippen LogP contribution in [0.15, 0.2) is 36.7 Å². The molecule has 1 saturated carbocycles. The fourth-order valence-corrected chi connectivity index (χ4v) is 3.26. The molecule has 3 aromatic heterocycles. The minimum absolute atomic E-state index is 0.197. The molecule has 1 fully saturated rings. The molecule has 7 nitrogen and oxygen atoms in total. The Balaban J connectivity index is 0.000000230. The number of hydrogen-bond acceptors (Lipinski definition) is 6. The molecule has 0 unspecified atom stereocenters. The number of hydrogen-bond donors (Lipinski definition) is 0. The van der Waals surface area contributed by atoms with E-state index in [0.717, 1.165) is 24.5 Å². The van der Waals surface area contributed by atoms with Crippen LogP contribution in [0.25, 0.3) is 16.9 Å². The zero-order chi connectivity index (χ0) is 22.8. The Morgan fingerprint density at radius 2 is 1.66 bits per heavy atom. The summed E-state index contributed by atoms with van der Waals surface area (Å²) in [6.07, 6.45) is 4.89. The number of aromatic nitrogens is 5. The van der Waals surface area contributed by atoms with E-state index in [1.165, 1.54) is 37.1 Å². The Hall–Kier alpha value is -3.69. The largest absolute Gasteiger partial charge is 0.480 e. The second-order valence-electron chi connectivity index (χ2n) is 7.30. The fourth-order valence-electron chi connectivity index (χ4n) is 3.26. The SMILES string of the molecule is COc1ncc(-c2cc(C3CC3)c3ncc(F)n3n2)c(OC)n1.Cc1cc(F)cc(F)c1. The standard InChI is InChI=1S/C15H14FN5O2.C7H6F2/c1-22-14-10(6-18-15(19-14)23-2)11-5-9(8-3-4-8)13-17-7-12(16)21(13)20-11;1-5-2-6(8)4-7(9)3-5/h5-8H,3-4H2,1-2H3;2-4H,1H3. The normalized spacial score (nSPS) is 12.9. The number of nitrogens with zero attached hydrogens (tertiary/aromatic N) is 5. The third-order valence-corrected chi connectivity index (χ3v) is 4.86. The Labute approximate surface area is 181 Å². The molecule has 0 atom stereocenters. The van der Waals surface area contributed by atoms with Crippen molar-refractivity contribution >= 4 is 5.65 Å². The van der Waals surface area contributed by atoms with Gasteiger partial charge in [0.05, 0.1) is 31.7 Å². The van der Waals surface area contributed by atoms with Crippen LogP contribution in [0.2, 0.25) is 0 Å². The molecule has 166 valence electrons. The highest BCUT2D eigenvalue weighted by atomic mass is 19.1. The summed E-state index contributed by atoms with van der Waals surface area (Å²) >= 11 is 0. The molecule has 0 bridgehead atoms. The summed E-state index contributed by atoms with van der Waals surface area (Å²) in [5.74, 6) is -0.825. The second-order valence-corrected chi connectivity index (χ2v) is 7.30. The lowest BCUT2D eigenvalue weighted by Gasteiger charge is -2.10. The minimum Gasteiger partial charge on any atom is -0.480 e. The zero-order valence-electron chi connectivity index (χ0n) is 17.6. The van der Waals surface area contributed by atoms with Crippen molar-refractivity contribution in [3.63, 3.8) is 0 Å². The van der Waals surface area contributed by atoms with Gasteiger partial charge in [0.1, 0.15) is 11.6 Å². The summed E-state index contributed by atoms with van der Waals surface area (Å²) in [7, 11) is 2.98. The van der Waals surface area contributed by atoms with Gasteiger partial charge in [0.15, 0.2) is 5.65 Å². The van der Waals surface area contributed by atoms with Gasteiger partial charge in [-0.25, -0.2) is 18.7 Å². The average molecular weight is 443 g/mol. The van der Waals surface area contributed by atoms with E-state index in [9.17, 15) is 13.2 Å². The molecule has 0 spiro atoms. The second kappa shape index (κ2) is 8.81. The van der Waals surface area contributed by atoms with Crippen LogP contribution in [0.4, 0.5) is 13.2 Å². The highest BCUT2D eigenvalue weighted by Gasteiger charge is 2.29.